The topological polar surface area (TPSA) is 25.8 Å². The average molecular weight is 246 g/mol. The number of hydrogen-bond acceptors (Lipinski definition) is 2. The molecule has 0 fully saturated rings. The molecule has 1 aromatic heterocycles. The first kappa shape index (κ1) is 10.8. The summed E-state index contributed by atoms with van der Waals surface area (Å²) < 4.78 is 5.20. The van der Waals surface area contributed by atoms with Gasteiger partial charge in [-0.15, -0.1) is 11.3 Å². The van der Waals surface area contributed by atoms with E-state index in [-0.39, 0.29) is 0 Å². The Balaban J connectivity index is 1.95. The van der Waals surface area contributed by atoms with Crippen LogP contribution in [0.5, 0.6) is 5.75 Å². The van der Waals surface area contributed by atoms with Gasteiger partial charge in [0.15, 0.2) is 0 Å². The first-order valence-corrected chi connectivity index (χ1v) is 6.80. The van der Waals surface area contributed by atoms with E-state index < -0.39 is 0 Å². The number of nitrogens with two attached hydrogens (primary N) is 1. The highest BCUT2D eigenvalue weighted by molar-refractivity contribution is 7.10. The molecule has 1 aliphatic heterocycles. The second kappa shape index (κ2) is 4.51. The molecule has 3 rings (SSSR count). The number of hydrogen-bond donors (Lipinski definition) is 1. The summed E-state index contributed by atoms with van der Waals surface area (Å²) in [4.78, 5) is 1.55. The lowest BCUT2D eigenvalue weighted by Crippen LogP contribution is -2.87. The third-order valence-corrected chi connectivity index (χ3v) is 4.36. The molecule has 0 amide bonds. The van der Waals surface area contributed by atoms with Crippen LogP contribution in [0, 0.1) is 0 Å². The third-order valence-electron chi connectivity index (χ3n) is 3.36. The molecule has 0 bridgehead atoms. The van der Waals surface area contributed by atoms with Crippen LogP contribution in [0.2, 0.25) is 0 Å². The maximum atomic E-state index is 5.20. The van der Waals surface area contributed by atoms with Crippen LogP contribution in [0.15, 0.2) is 35.7 Å². The monoisotopic (exact) mass is 246 g/mol. The Morgan fingerprint density at radius 1 is 1.24 bits per heavy atom. The van der Waals surface area contributed by atoms with Gasteiger partial charge in [0.25, 0.3) is 0 Å². The molecule has 88 valence electrons. The van der Waals surface area contributed by atoms with Gasteiger partial charge in [-0.25, -0.2) is 0 Å². The number of benzene rings is 1. The lowest BCUT2D eigenvalue weighted by atomic mass is 9.95. The minimum atomic E-state index is 0.468. The predicted octanol–water partition coefficient (Wildman–Crippen LogP) is 1.97. The van der Waals surface area contributed by atoms with Crippen molar-refractivity contribution >= 4 is 11.3 Å². The molecule has 2 nitrogen and oxygen atoms in total. The number of methoxy groups -OCH3 is 1. The summed E-state index contributed by atoms with van der Waals surface area (Å²) in [6, 6.07) is 11.2. The normalized spacial score (nSPS) is 18.8. The van der Waals surface area contributed by atoms with Crippen LogP contribution in [0.3, 0.4) is 0 Å². The zero-order valence-electron chi connectivity index (χ0n) is 9.85. The fourth-order valence-electron chi connectivity index (χ4n) is 2.47. The van der Waals surface area contributed by atoms with Gasteiger partial charge in [-0.05, 0) is 35.7 Å². The average Bonchev–Trinajstić information content (AvgIpc) is 2.87. The van der Waals surface area contributed by atoms with E-state index in [2.05, 4.69) is 28.9 Å². The molecule has 0 aliphatic carbocycles. The zero-order chi connectivity index (χ0) is 11.7. The lowest BCUT2D eigenvalue weighted by molar-refractivity contribution is -0.689. The molecule has 2 N–H and O–H groups in total. The molecule has 0 saturated heterocycles. The van der Waals surface area contributed by atoms with Gasteiger partial charge in [0.05, 0.1) is 13.7 Å². The molecule has 2 heterocycles. The number of ether oxygens (including phenoxy) is 1. The van der Waals surface area contributed by atoms with Crippen LogP contribution < -0.4 is 10.1 Å². The summed E-state index contributed by atoms with van der Waals surface area (Å²) in [6.45, 7) is 1.18. The van der Waals surface area contributed by atoms with E-state index in [0.29, 0.717) is 6.04 Å². The molecule has 0 radical (unpaired) electrons. The van der Waals surface area contributed by atoms with Crippen molar-refractivity contribution in [1.82, 2.24) is 0 Å². The molecule has 1 atom stereocenters. The zero-order valence-corrected chi connectivity index (χ0v) is 10.7. The number of thiophene rings is 1. The van der Waals surface area contributed by atoms with Crippen molar-refractivity contribution in [3.63, 3.8) is 0 Å². The molecule has 1 aromatic carbocycles. The van der Waals surface area contributed by atoms with Crippen molar-refractivity contribution in [3.8, 4) is 5.75 Å². The van der Waals surface area contributed by atoms with Crippen LogP contribution in [-0.2, 0) is 6.42 Å². The van der Waals surface area contributed by atoms with Gasteiger partial charge in [-0.1, -0.05) is 0 Å². The minimum absolute atomic E-state index is 0.468. The summed E-state index contributed by atoms with van der Waals surface area (Å²) in [5.41, 5.74) is 2.86. The van der Waals surface area contributed by atoms with E-state index >= 15 is 0 Å². The van der Waals surface area contributed by atoms with Gasteiger partial charge in [0, 0.05) is 22.4 Å². The molecule has 1 aliphatic rings. The van der Waals surface area contributed by atoms with Gasteiger partial charge in [0.1, 0.15) is 11.8 Å². The van der Waals surface area contributed by atoms with Crippen molar-refractivity contribution in [2.75, 3.05) is 13.7 Å². The summed E-state index contributed by atoms with van der Waals surface area (Å²) >= 11 is 1.89. The van der Waals surface area contributed by atoms with E-state index in [1.165, 1.54) is 24.1 Å². The first-order valence-electron chi connectivity index (χ1n) is 5.92. The molecule has 17 heavy (non-hydrogen) atoms. The highest BCUT2D eigenvalue weighted by atomic mass is 32.1. The molecule has 0 unspecified atom stereocenters. The Morgan fingerprint density at radius 2 is 2.06 bits per heavy atom. The van der Waals surface area contributed by atoms with E-state index in [1.54, 1.807) is 12.0 Å². The standard InChI is InChI=1S/C14H15NOS/c1-16-11-4-2-10(3-5-11)14-12-7-9-17-13(12)6-8-15-14/h2-5,7,9,14-15H,6,8H2,1H3/p+1/t14-/m1/s1. The van der Waals surface area contributed by atoms with Gasteiger partial charge in [-0.2, -0.15) is 0 Å². The number of quaternary nitrogens is 1. The summed E-state index contributed by atoms with van der Waals surface area (Å²) in [5.74, 6) is 0.926. The lowest BCUT2D eigenvalue weighted by Gasteiger charge is -2.21. The van der Waals surface area contributed by atoms with Crippen molar-refractivity contribution < 1.29 is 10.1 Å². The fraction of sp³-hybridized carbons (Fsp3) is 0.286. The Labute approximate surface area is 105 Å². The van der Waals surface area contributed by atoms with Crippen LogP contribution in [0.4, 0.5) is 0 Å². The smallest absolute Gasteiger partial charge is 0.138 e. The maximum Gasteiger partial charge on any atom is 0.138 e. The maximum absolute atomic E-state index is 5.20. The summed E-state index contributed by atoms with van der Waals surface area (Å²) in [7, 11) is 1.71. The largest absolute Gasteiger partial charge is 0.497 e. The predicted molar refractivity (Wildman–Crippen MR) is 69.7 cm³/mol. The fourth-order valence-corrected chi connectivity index (χ4v) is 3.41. The Morgan fingerprint density at radius 3 is 2.82 bits per heavy atom. The Hall–Kier alpha value is -1.32. The molecule has 3 heteroatoms. The second-order valence-corrected chi connectivity index (χ2v) is 5.32. The van der Waals surface area contributed by atoms with Gasteiger partial charge in [-0.3, -0.25) is 0 Å². The highest BCUT2D eigenvalue weighted by Gasteiger charge is 2.25. The van der Waals surface area contributed by atoms with Gasteiger partial charge in [0.2, 0.25) is 0 Å². The first-order chi connectivity index (χ1) is 8.38. The van der Waals surface area contributed by atoms with E-state index in [9.17, 15) is 0 Å². The van der Waals surface area contributed by atoms with Crippen molar-refractivity contribution in [1.29, 1.82) is 0 Å². The Bertz CT molecular complexity index is 503. The molecule has 0 saturated carbocycles. The van der Waals surface area contributed by atoms with Crippen LogP contribution >= 0.6 is 11.3 Å². The van der Waals surface area contributed by atoms with Crippen LogP contribution in [0.1, 0.15) is 22.0 Å². The van der Waals surface area contributed by atoms with Crippen molar-refractivity contribution in [2.24, 2.45) is 0 Å². The van der Waals surface area contributed by atoms with Crippen LogP contribution in [-0.4, -0.2) is 13.7 Å². The van der Waals surface area contributed by atoms with Crippen LogP contribution in [0.25, 0.3) is 0 Å². The van der Waals surface area contributed by atoms with Crippen molar-refractivity contribution in [2.45, 2.75) is 12.5 Å². The molecular weight excluding hydrogens is 230 g/mol. The summed E-state index contributed by atoms with van der Waals surface area (Å²) in [5, 5.41) is 4.64. The van der Waals surface area contributed by atoms with Gasteiger partial charge < -0.3 is 10.1 Å². The highest BCUT2D eigenvalue weighted by Crippen LogP contribution is 2.29. The van der Waals surface area contributed by atoms with Gasteiger partial charge >= 0.3 is 0 Å². The van der Waals surface area contributed by atoms with Crippen molar-refractivity contribution in [3.05, 3.63) is 51.7 Å². The molecule has 0 spiro atoms. The quantitative estimate of drug-likeness (QED) is 0.861. The number of rotatable bonds is 2. The third kappa shape index (κ3) is 1.96. The molecular formula is C14H16NOS+. The summed E-state index contributed by atoms with van der Waals surface area (Å²) in [6.07, 6.45) is 1.21. The van der Waals surface area contributed by atoms with E-state index in [4.69, 9.17) is 4.74 Å². The SMILES string of the molecule is COc1ccc([C@H]2[NH2+]CCc3sccc32)cc1. The minimum Gasteiger partial charge on any atom is -0.497 e. The van der Waals surface area contributed by atoms with E-state index in [0.717, 1.165) is 5.75 Å². The van der Waals surface area contributed by atoms with E-state index in [1.807, 2.05) is 23.5 Å². The number of fused-ring (bicyclic) bond motifs is 1. The molecule has 2 aromatic rings. The Kier molecular flexibility index (Phi) is 2.87. The second-order valence-electron chi connectivity index (χ2n) is 4.32.